The van der Waals surface area contributed by atoms with E-state index < -0.39 is 11.9 Å². The number of carbonyl (C=O) groups is 2. The number of ether oxygens (including phenoxy) is 1. The molecule has 12 nitrogen and oxygen atoms in total. The number of benzene rings is 2. The summed E-state index contributed by atoms with van der Waals surface area (Å²) in [6.07, 6.45) is 12.9. The van der Waals surface area contributed by atoms with Crippen molar-refractivity contribution in [3.05, 3.63) is 121 Å². The smallest absolute Gasteiger partial charge is 0.341 e. The van der Waals surface area contributed by atoms with Crippen LogP contribution in [-0.2, 0) is 4.74 Å². The first-order valence-electron chi connectivity index (χ1n) is 14.3. The van der Waals surface area contributed by atoms with Gasteiger partial charge in [-0.05, 0) is 42.3 Å². The van der Waals surface area contributed by atoms with Gasteiger partial charge in [-0.1, -0.05) is 36.4 Å². The van der Waals surface area contributed by atoms with Crippen LogP contribution in [0.2, 0.25) is 0 Å². The van der Waals surface area contributed by atoms with Crippen LogP contribution in [0.25, 0.3) is 55.4 Å². The lowest BCUT2D eigenvalue weighted by atomic mass is 10.0. The molecule has 0 aliphatic carbocycles. The second-order valence-electron chi connectivity index (χ2n) is 10.1. The van der Waals surface area contributed by atoms with Crippen LogP contribution in [-0.4, -0.2) is 62.8 Å². The molecular formula is C34H24N8O4. The Bertz CT molecular complexity index is 2410. The van der Waals surface area contributed by atoms with Gasteiger partial charge in [0.05, 0.1) is 41.2 Å². The number of carboxylic acids is 1. The molecule has 8 aromatic rings. The fraction of sp³-hybridized carbons (Fsp3) is 0.0588. The minimum absolute atomic E-state index is 0.0988. The van der Waals surface area contributed by atoms with Gasteiger partial charge >= 0.3 is 11.9 Å². The van der Waals surface area contributed by atoms with Gasteiger partial charge in [-0.25, -0.2) is 28.6 Å². The van der Waals surface area contributed by atoms with Gasteiger partial charge in [-0.3, -0.25) is 9.97 Å². The number of esters is 1. The van der Waals surface area contributed by atoms with Crippen molar-refractivity contribution in [2.75, 3.05) is 6.61 Å². The van der Waals surface area contributed by atoms with Crippen LogP contribution in [0.4, 0.5) is 0 Å². The van der Waals surface area contributed by atoms with E-state index >= 15 is 0 Å². The fourth-order valence-corrected chi connectivity index (χ4v) is 5.22. The number of aromatic carboxylic acids is 1. The Morgan fingerprint density at radius 2 is 1.15 bits per heavy atom. The van der Waals surface area contributed by atoms with Gasteiger partial charge in [0.15, 0.2) is 11.3 Å². The SMILES string of the molecule is CCOC(=O)c1cnc2c(-c3ccnc4ccccc34)cnn2c1.O=C(O)c1cnc2c(-c3ccnc4ccccc34)cnn2c1. The normalized spacial score (nSPS) is 11.1. The standard InChI is InChI=1S/C18H14N4O2.C16H10N4O2/c1-2-24-18(23)12-9-20-17-15(10-21-22(17)11-12)13-7-8-19-16-6-4-3-5-14(13)16;21-16(22)10-7-18-15-13(8-19-20(15)9-10)11-5-6-17-14-4-2-1-3-12(11)14/h3-11H,2H2,1H3;1-9H,(H,21,22). The molecule has 8 rings (SSSR count). The Labute approximate surface area is 260 Å². The average molecular weight is 609 g/mol. The molecule has 0 aliphatic heterocycles. The van der Waals surface area contributed by atoms with Crippen molar-refractivity contribution in [1.82, 2.24) is 39.2 Å². The summed E-state index contributed by atoms with van der Waals surface area (Å²) in [6.45, 7) is 2.09. The van der Waals surface area contributed by atoms with E-state index in [4.69, 9.17) is 9.84 Å². The molecule has 0 aliphatic rings. The van der Waals surface area contributed by atoms with Gasteiger partial charge < -0.3 is 9.84 Å². The largest absolute Gasteiger partial charge is 0.478 e. The van der Waals surface area contributed by atoms with E-state index in [-0.39, 0.29) is 5.56 Å². The molecular weight excluding hydrogens is 584 g/mol. The maximum absolute atomic E-state index is 11.8. The summed E-state index contributed by atoms with van der Waals surface area (Å²) in [5.41, 5.74) is 7.28. The first-order valence-corrected chi connectivity index (χ1v) is 14.3. The van der Waals surface area contributed by atoms with Crippen LogP contribution in [0.3, 0.4) is 0 Å². The second kappa shape index (κ2) is 11.8. The summed E-state index contributed by atoms with van der Waals surface area (Å²) >= 11 is 0. The lowest BCUT2D eigenvalue weighted by molar-refractivity contribution is 0.0524. The summed E-state index contributed by atoms with van der Waals surface area (Å²) in [5, 5.41) is 19.6. The predicted octanol–water partition coefficient (Wildman–Crippen LogP) is 5.76. The van der Waals surface area contributed by atoms with Gasteiger partial charge in [0.2, 0.25) is 0 Å². The number of fused-ring (bicyclic) bond motifs is 4. The zero-order chi connectivity index (χ0) is 31.6. The van der Waals surface area contributed by atoms with E-state index in [2.05, 4.69) is 30.1 Å². The zero-order valence-electron chi connectivity index (χ0n) is 24.3. The van der Waals surface area contributed by atoms with Crippen LogP contribution >= 0.6 is 0 Å². The Hall–Kier alpha value is -6.56. The maximum Gasteiger partial charge on any atom is 0.341 e. The Morgan fingerprint density at radius 3 is 1.67 bits per heavy atom. The number of hydrogen-bond acceptors (Lipinski definition) is 9. The van der Waals surface area contributed by atoms with Crippen LogP contribution in [0.5, 0.6) is 0 Å². The molecule has 0 unspecified atom stereocenters. The summed E-state index contributed by atoms with van der Waals surface area (Å²) < 4.78 is 8.07. The van der Waals surface area contributed by atoms with Crippen LogP contribution in [0.15, 0.2) is 110 Å². The quantitative estimate of drug-likeness (QED) is 0.239. The number of aromatic nitrogens is 8. The number of para-hydroxylation sites is 2. The Morgan fingerprint density at radius 1 is 0.652 bits per heavy atom. The Kier molecular flexibility index (Phi) is 7.27. The number of nitrogens with zero attached hydrogens (tertiary/aromatic N) is 8. The Balaban J connectivity index is 0.000000147. The highest BCUT2D eigenvalue weighted by atomic mass is 16.5. The summed E-state index contributed by atoms with van der Waals surface area (Å²) in [7, 11) is 0. The molecule has 12 heteroatoms. The maximum atomic E-state index is 11.8. The van der Waals surface area contributed by atoms with Gasteiger partial charge in [-0.2, -0.15) is 10.2 Å². The van der Waals surface area contributed by atoms with Gasteiger partial charge in [0.25, 0.3) is 0 Å². The van der Waals surface area contributed by atoms with Crippen LogP contribution < -0.4 is 0 Å². The van der Waals surface area contributed by atoms with Crippen molar-refractivity contribution in [3.63, 3.8) is 0 Å². The second-order valence-corrected chi connectivity index (χ2v) is 10.1. The lowest BCUT2D eigenvalue weighted by Gasteiger charge is -2.05. The van der Waals surface area contributed by atoms with Crippen molar-refractivity contribution >= 4 is 45.0 Å². The zero-order valence-corrected chi connectivity index (χ0v) is 24.3. The minimum atomic E-state index is -1.03. The van der Waals surface area contributed by atoms with Crippen molar-refractivity contribution in [2.24, 2.45) is 0 Å². The molecule has 224 valence electrons. The molecule has 6 aromatic heterocycles. The first kappa shape index (κ1) is 28.2. The number of pyridine rings is 2. The molecule has 0 bridgehead atoms. The lowest BCUT2D eigenvalue weighted by Crippen LogP contribution is -2.07. The summed E-state index contributed by atoms with van der Waals surface area (Å²) in [4.78, 5) is 40.2. The van der Waals surface area contributed by atoms with Crippen molar-refractivity contribution in [2.45, 2.75) is 6.92 Å². The van der Waals surface area contributed by atoms with Gasteiger partial charge in [0.1, 0.15) is 0 Å². The monoisotopic (exact) mass is 608 g/mol. The predicted molar refractivity (Wildman–Crippen MR) is 170 cm³/mol. The summed E-state index contributed by atoms with van der Waals surface area (Å²) in [6, 6.07) is 19.6. The molecule has 0 radical (unpaired) electrons. The molecule has 0 amide bonds. The molecule has 2 aromatic carbocycles. The fourth-order valence-electron chi connectivity index (χ4n) is 5.22. The molecule has 0 saturated carbocycles. The highest BCUT2D eigenvalue weighted by Crippen LogP contribution is 2.31. The van der Waals surface area contributed by atoms with Crippen molar-refractivity contribution in [3.8, 4) is 22.3 Å². The van der Waals surface area contributed by atoms with Crippen molar-refractivity contribution in [1.29, 1.82) is 0 Å². The molecule has 0 saturated heterocycles. The third-order valence-electron chi connectivity index (χ3n) is 7.35. The highest BCUT2D eigenvalue weighted by molar-refractivity contribution is 5.99. The molecule has 0 atom stereocenters. The number of hydrogen-bond donors (Lipinski definition) is 1. The molecule has 1 N–H and O–H groups in total. The van der Waals surface area contributed by atoms with E-state index in [1.807, 2.05) is 60.7 Å². The number of carboxylic acid groups (broad SMARTS) is 1. The molecule has 6 heterocycles. The van der Waals surface area contributed by atoms with Crippen LogP contribution in [0.1, 0.15) is 27.6 Å². The van der Waals surface area contributed by atoms with E-state index in [0.29, 0.717) is 23.5 Å². The average Bonchev–Trinajstić information content (AvgIpc) is 3.72. The third-order valence-corrected chi connectivity index (χ3v) is 7.35. The van der Waals surface area contributed by atoms with E-state index in [1.165, 1.54) is 23.1 Å². The van der Waals surface area contributed by atoms with Gasteiger partial charge in [-0.15, -0.1) is 0 Å². The van der Waals surface area contributed by atoms with Gasteiger partial charge in [0, 0.05) is 59.1 Å². The van der Waals surface area contributed by atoms with Crippen molar-refractivity contribution < 1.29 is 19.4 Å². The topological polar surface area (TPSA) is 150 Å². The van der Waals surface area contributed by atoms with Crippen LogP contribution in [0, 0.1) is 0 Å². The minimum Gasteiger partial charge on any atom is -0.478 e. The molecule has 46 heavy (non-hydrogen) atoms. The summed E-state index contributed by atoms with van der Waals surface area (Å²) in [5.74, 6) is -1.43. The number of rotatable bonds is 5. The highest BCUT2D eigenvalue weighted by Gasteiger charge is 2.15. The number of carbonyl (C=O) groups excluding carboxylic acids is 1. The third kappa shape index (κ3) is 5.13. The van der Waals surface area contributed by atoms with E-state index in [0.717, 1.165) is 44.1 Å². The molecule has 0 fully saturated rings. The van der Waals surface area contributed by atoms with E-state index in [1.54, 1.807) is 42.4 Å². The molecule has 0 spiro atoms. The van der Waals surface area contributed by atoms with E-state index in [9.17, 15) is 9.59 Å². The first-order chi connectivity index (χ1) is 22.5.